The third-order valence-corrected chi connectivity index (χ3v) is 4.75. The second-order valence-corrected chi connectivity index (χ2v) is 8.06. The Labute approximate surface area is 156 Å². The van der Waals surface area contributed by atoms with Gasteiger partial charge in [0.2, 0.25) is 15.9 Å². The van der Waals surface area contributed by atoms with Gasteiger partial charge in [-0.2, -0.15) is 5.10 Å². The van der Waals surface area contributed by atoms with Gasteiger partial charge < -0.3 is 0 Å². The topological polar surface area (TPSA) is 110 Å². The molecule has 8 nitrogen and oxygen atoms in total. The number of carbonyl (C=O) groups is 1. The second kappa shape index (κ2) is 7.28. The highest BCUT2D eigenvalue weighted by atomic mass is 32.2. The summed E-state index contributed by atoms with van der Waals surface area (Å²) < 4.78 is 25.0. The fraction of sp³-hybridized carbons (Fsp3) is 0.222. The molecule has 27 heavy (non-hydrogen) atoms. The standard InChI is InChI=1S/C18H18N4O4S/c1-12(23)22-18(14-4-3-5-16(10-14)20-24)11-17(19-22)13-6-8-15(9-7-13)21-27(2,25)26/h3-10,18,21H,11H2,1-2H3/p+1. The summed E-state index contributed by atoms with van der Waals surface area (Å²) in [5.74, 6) is -0.203. The zero-order valence-corrected chi connectivity index (χ0v) is 15.7. The van der Waals surface area contributed by atoms with Gasteiger partial charge in [0.1, 0.15) is 0 Å². The molecule has 140 valence electrons. The lowest BCUT2D eigenvalue weighted by molar-refractivity contribution is -0.379. The van der Waals surface area contributed by atoms with Crippen molar-refractivity contribution in [1.82, 2.24) is 5.01 Å². The van der Waals surface area contributed by atoms with Gasteiger partial charge in [0.15, 0.2) is 0 Å². The fourth-order valence-electron chi connectivity index (χ4n) is 2.99. The smallest absolute Gasteiger partial charge is 0.253 e. The van der Waals surface area contributed by atoms with E-state index in [4.69, 9.17) is 0 Å². The van der Waals surface area contributed by atoms with E-state index in [1.807, 2.05) is 11.2 Å². The summed E-state index contributed by atoms with van der Waals surface area (Å²) in [5, 5.41) is 7.70. The highest BCUT2D eigenvalue weighted by molar-refractivity contribution is 7.92. The molecular formula is C18H19N4O4S+. The van der Waals surface area contributed by atoms with E-state index in [0.717, 1.165) is 17.4 Å². The van der Waals surface area contributed by atoms with E-state index in [0.29, 0.717) is 23.5 Å². The van der Waals surface area contributed by atoms with Crippen molar-refractivity contribution in [3.05, 3.63) is 64.6 Å². The average Bonchev–Trinajstić information content (AvgIpc) is 3.07. The van der Waals surface area contributed by atoms with Crippen molar-refractivity contribution in [3.8, 4) is 0 Å². The van der Waals surface area contributed by atoms with Crippen LogP contribution in [0.3, 0.4) is 0 Å². The molecule has 0 fully saturated rings. The van der Waals surface area contributed by atoms with Crippen molar-refractivity contribution < 1.29 is 18.4 Å². The molecule has 0 aromatic heterocycles. The molecule has 0 bridgehead atoms. The lowest BCUT2D eigenvalue weighted by Gasteiger charge is -2.20. The number of benzene rings is 2. The highest BCUT2D eigenvalue weighted by Gasteiger charge is 2.31. The Morgan fingerprint density at radius 2 is 1.93 bits per heavy atom. The quantitative estimate of drug-likeness (QED) is 0.804. The van der Waals surface area contributed by atoms with Gasteiger partial charge in [0, 0.05) is 41.2 Å². The maximum atomic E-state index is 12.0. The molecule has 0 saturated carbocycles. The van der Waals surface area contributed by atoms with Crippen LogP contribution in [0.2, 0.25) is 0 Å². The van der Waals surface area contributed by atoms with Crippen LogP contribution in [-0.4, -0.2) is 31.3 Å². The lowest BCUT2D eigenvalue weighted by Crippen LogP contribution is -2.55. The van der Waals surface area contributed by atoms with Crippen LogP contribution >= 0.6 is 0 Å². The molecule has 1 aliphatic heterocycles. The molecule has 2 aromatic carbocycles. The summed E-state index contributed by atoms with van der Waals surface area (Å²) in [6, 6.07) is 13.4. The summed E-state index contributed by atoms with van der Waals surface area (Å²) in [6.07, 6.45) is 1.57. The SMILES string of the molecule is CC(=O)N1N=C(c2ccc(NS(C)(=O)=O)cc2)CC1c1cccc([NH+]=O)c1. The van der Waals surface area contributed by atoms with Crippen molar-refractivity contribution in [2.24, 2.45) is 5.10 Å². The Morgan fingerprint density at radius 1 is 1.22 bits per heavy atom. The van der Waals surface area contributed by atoms with Gasteiger partial charge in [-0.25, -0.2) is 13.4 Å². The largest absolute Gasteiger partial charge is 0.284 e. The number of carbonyl (C=O) groups excluding carboxylic acids is 1. The molecule has 2 aromatic rings. The zero-order valence-electron chi connectivity index (χ0n) is 14.8. The van der Waals surface area contributed by atoms with Crippen LogP contribution in [0.5, 0.6) is 0 Å². The summed E-state index contributed by atoms with van der Waals surface area (Å²) in [7, 11) is -3.35. The van der Waals surface area contributed by atoms with Gasteiger partial charge in [-0.3, -0.25) is 9.52 Å². The molecule has 1 atom stereocenters. The van der Waals surface area contributed by atoms with Gasteiger partial charge in [-0.15, -0.1) is 0 Å². The normalized spacial score (nSPS) is 16.7. The molecule has 3 rings (SSSR count). The molecule has 1 aliphatic rings. The van der Waals surface area contributed by atoms with E-state index in [2.05, 4.69) is 9.82 Å². The van der Waals surface area contributed by atoms with Crippen LogP contribution in [0.1, 0.15) is 30.5 Å². The first kappa shape index (κ1) is 18.7. The highest BCUT2D eigenvalue weighted by Crippen LogP contribution is 2.33. The monoisotopic (exact) mass is 387 g/mol. The Hall–Kier alpha value is -3.07. The number of hydrazone groups is 1. The Balaban J connectivity index is 1.87. The van der Waals surface area contributed by atoms with Crippen molar-refractivity contribution in [1.29, 1.82) is 0 Å². The number of hydrogen-bond donors (Lipinski definition) is 2. The molecule has 0 aliphatic carbocycles. The number of sulfonamides is 1. The number of hydrogen-bond acceptors (Lipinski definition) is 5. The van der Waals surface area contributed by atoms with E-state index < -0.39 is 10.0 Å². The zero-order chi connectivity index (χ0) is 19.6. The van der Waals surface area contributed by atoms with Gasteiger partial charge in [-0.05, 0) is 23.3 Å². The summed E-state index contributed by atoms with van der Waals surface area (Å²) in [6.45, 7) is 1.44. The molecule has 1 heterocycles. The fourth-order valence-corrected chi connectivity index (χ4v) is 3.55. The lowest BCUT2D eigenvalue weighted by atomic mass is 9.98. The van der Waals surface area contributed by atoms with Crippen molar-refractivity contribution in [2.75, 3.05) is 11.0 Å². The van der Waals surface area contributed by atoms with Crippen LogP contribution in [0.25, 0.3) is 0 Å². The molecule has 1 amide bonds. The first-order valence-corrected chi connectivity index (χ1v) is 10.1. The molecule has 0 saturated heterocycles. The van der Waals surface area contributed by atoms with Crippen LogP contribution in [0, 0.1) is 4.91 Å². The van der Waals surface area contributed by atoms with E-state index >= 15 is 0 Å². The predicted molar refractivity (Wildman–Crippen MR) is 102 cm³/mol. The number of rotatable bonds is 5. The van der Waals surface area contributed by atoms with Crippen LogP contribution < -0.4 is 9.90 Å². The first-order chi connectivity index (χ1) is 12.8. The molecule has 2 N–H and O–H groups in total. The van der Waals surface area contributed by atoms with Gasteiger partial charge >= 0.3 is 0 Å². The molecule has 0 spiro atoms. The minimum absolute atomic E-state index is 0.203. The Bertz CT molecular complexity index is 1020. The first-order valence-electron chi connectivity index (χ1n) is 8.20. The Morgan fingerprint density at radius 3 is 2.52 bits per heavy atom. The summed E-state index contributed by atoms with van der Waals surface area (Å²) >= 11 is 0. The van der Waals surface area contributed by atoms with E-state index in [9.17, 15) is 18.1 Å². The van der Waals surface area contributed by atoms with E-state index in [1.165, 1.54) is 11.9 Å². The number of nitroso groups, excluding NO2 is 1. The Kier molecular flexibility index (Phi) is 5.04. The van der Waals surface area contributed by atoms with Gasteiger partial charge in [0.05, 0.1) is 18.0 Å². The predicted octanol–water partition coefficient (Wildman–Crippen LogP) is 1.23. The minimum atomic E-state index is -3.35. The third-order valence-electron chi connectivity index (χ3n) is 4.14. The van der Waals surface area contributed by atoms with E-state index in [-0.39, 0.29) is 11.9 Å². The van der Waals surface area contributed by atoms with Crippen LogP contribution in [-0.2, 0) is 14.8 Å². The maximum absolute atomic E-state index is 12.0. The molecule has 0 radical (unpaired) electrons. The van der Waals surface area contributed by atoms with Crippen molar-refractivity contribution >= 4 is 33.0 Å². The molecule has 1 unspecified atom stereocenters. The third kappa shape index (κ3) is 4.37. The maximum Gasteiger partial charge on any atom is 0.253 e. The van der Waals surface area contributed by atoms with Gasteiger partial charge in [0.25, 0.3) is 5.69 Å². The second-order valence-electron chi connectivity index (χ2n) is 6.31. The van der Waals surface area contributed by atoms with Crippen molar-refractivity contribution in [2.45, 2.75) is 19.4 Å². The number of nitrogens with zero attached hydrogens (tertiary/aromatic N) is 2. The van der Waals surface area contributed by atoms with E-state index in [1.54, 1.807) is 42.5 Å². The van der Waals surface area contributed by atoms with Crippen molar-refractivity contribution in [3.63, 3.8) is 0 Å². The average molecular weight is 387 g/mol. The van der Waals surface area contributed by atoms with Gasteiger partial charge in [-0.1, -0.05) is 24.3 Å². The molecule has 9 heteroatoms. The number of amides is 1. The van der Waals surface area contributed by atoms with Crippen LogP contribution in [0.15, 0.2) is 53.6 Å². The minimum Gasteiger partial charge on any atom is -0.284 e. The molecular weight excluding hydrogens is 368 g/mol. The summed E-state index contributed by atoms with van der Waals surface area (Å²) in [4.78, 5) is 23.0. The number of anilines is 1. The van der Waals surface area contributed by atoms with Crippen LogP contribution in [0.4, 0.5) is 11.4 Å². The number of nitrogens with one attached hydrogen (secondary N) is 2. The summed E-state index contributed by atoms with van der Waals surface area (Å²) in [5.41, 5.74) is 3.18.